The van der Waals surface area contributed by atoms with Gasteiger partial charge in [0, 0.05) is 35.5 Å². The van der Waals surface area contributed by atoms with Crippen LogP contribution in [0.5, 0.6) is 5.75 Å². The van der Waals surface area contributed by atoms with Crippen molar-refractivity contribution in [3.63, 3.8) is 0 Å². The number of rotatable bonds is 5. The Labute approximate surface area is 144 Å². The highest BCUT2D eigenvalue weighted by atomic mass is 32.2. The van der Waals surface area contributed by atoms with Crippen molar-refractivity contribution < 1.29 is 9.53 Å². The molecule has 1 aromatic carbocycles. The molecule has 2 aromatic rings. The number of thiazole rings is 1. The van der Waals surface area contributed by atoms with E-state index < -0.39 is 0 Å². The molecule has 0 bridgehead atoms. The van der Waals surface area contributed by atoms with E-state index in [0.717, 1.165) is 40.9 Å². The number of hydrogen-bond acceptors (Lipinski definition) is 5. The summed E-state index contributed by atoms with van der Waals surface area (Å²) in [6.07, 6.45) is 1.71. The van der Waals surface area contributed by atoms with E-state index in [1.54, 1.807) is 6.08 Å². The summed E-state index contributed by atoms with van der Waals surface area (Å²) in [5, 5.41) is 2.68. The first kappa shape index (κ1) is 16.1. The SMILES string of the molecule is C=CCOc1cccc(-c2nc(C(=O)N3CCSCC3)cs2)c1. The molecule has 6 heteroatoms. The third kappa shape index (κ3) is 3.95. The van der Waals surface area contributed by atoms with E-state index in [1.807, 2.05) is 46.3 Å². The predicted octanol–water partition coefficient (Wildman–Crippen LogP) is 3.56. The van der Waals surface area contributed by atoms with E-state index >= 15 is 0 Å². The third-order valence-electron chi connectivity index (χ3n) is 3.47. The van der Waals surface area contributed by atoms with Crippen LogP contribution in [0.1, 0.15) is 10.5 Å². The van der Waals surface area contributed by atoms with Crippen LogP contribution in [0.15, 0.2) is 42.3 Å². The summed E-state index contributed by atoms with van der Waals surface area (Å²) in [5.74, 6) is 2.82. The number of hydrogen-bond donors (Lipinski definition) is 0. The first-order valence-electron chi connectivity index (χ1n) is 7.44. The lowest BCUT2D eigenvalue weighted by Crippen LogP contribution is -2.38. The summed E-state index contributed by atoms with van der Waals surface area (Å²) in [6.45, 7) is 5.73. The minimum absolute atomic E-state index is 0.0341. The molecule has 1 aliphatic rings. The van der Waals surface area contributed by atoms with Crippen molar-refractivity contribution in [2.75, 3.05) is 31.2 Å². The van der Waals surface area contributed by atoms with Crippen molar-refractivity contribution in [2.24, 2.45) is 0 Å². The smallest absolute Gasteiger partial charge is 0.273 e. The molecule has 0 aliphatic carbocycles. The van der Waals surface area contributed by atoms with Crippen molar-refractivity contribution in [1.29, 1.82) is 0 Å². The summed E-state index contributed by atoms with van der Waals surface area (Å²) in [6, 6.07) is 7.75. The van der Waals surface area contributed by atoms with Crippen LogP contribution >= 0.6 is 23.1 Å². The Bertz CT molecular complexity index is 693. The topological polar surface area (TPSA) is 42.4 Å². The highest BCUT2D eigenvalue weighted by Crippen LogP contribution is 2.27. The number of carbonyl (C=O) groups excluding carboxylic acids is 1. The first-order valence-corrected chi connectivity index (χ1v) is 9.48. The van der Waals surface area contributed by atoms with Gasteiger partial charge in [0.05, 0.1) is 0 Å². The highest BCUT2D eigenvalue weighted by molar-refractivity contribution is 7.99. The minimum atomic E-state index is 0.0341. The summed E-state index contributed by atoms with van der Waals surface area (Å²) in [5.41, 5.74) is 1.50. The van der Waals surface area contributed by atoms with E-state index in [2.05, 4.69) is 11.6 Å². The molecule has 1 aromatic heterocycles. The maximum Gasteiger partial charge on any atom is 0.273 e. The van der Waals surface area contributed by atoms with Gasteiger partial charge in [-0.25, -0.2) is 4.98 Å². The van der Waals surface area contributed by atoms with Gasteiger partial charge in [-0.2, -0.15) is 11.8 Å². The van der Waals surface area contributed by atoms with Gasteiger partial charge >= 0.3 is 0 Å². The van der Waals surface area contributed by atoms with E-state index in [1.165, 1.54) is 11.3 Å². The lowest BCUT2D eigenvalue weighted by molar-refractivity contribution is 0.0767. The van der Waals surface area contributed by atoms with Crippen molar-refractivity contribution in [3.05, 3.63) is 48.0 Å². The van der Waals surface area contributed by atoms with Crippen LogP contribution in [0, 0.1) is 0 Å². The Morgan fingerprint density at radius 2 is 2.22 bits per heavy atom. The van der Waals surface area contributed by atoms with Crippen LogP contribution in [0.25, 0.3) is 10.6 Å². The average molecular weight is 346 g/mol. The maximum atomic E-state index is 12.5. The fourth-order valence-corrected chi connectivity index (χ4v) is 4.00. The van der Waals surface area contributed by atoms with E-state index in [4.69, 9.17) is 4.74 Å². The van der Waals surface area contributed by atoms with Crippen molar-refractivity contribution in [3.8, 4) is 16.3 Å². The van der Waals surface area contributed by atoms with Crippen LogP contribution in [0.4, 0.5) is 0 Å². The van der Waals surface area contributed by atoms with Gasteiger partial charge in [-0.15, -0.1) is 11.3 Å². The molecular formula is C17H18N2O2S2. The van der Waals surface area contributed by atoms with Gasteiger partial charge in [0.2, 0.25) is 0 Å². The van der Waals surface area contributed by atoms with Crippen LogP contribution in [0.3, 0.4) is 0 Å². The standard InChI is InChI=1S/C17H18N2O2S2/c1-2-8-21-14-5-3-4-13(11-14)16-18-15(12-23-16)17(20)19-6-9-22-10-7-19/h2-5,11-12H,1,6-10H2. The number of ether oxygens (including phenoxy) is 1. The van der Waals surface area contributed by atoms with Crippen LogP contribution in [-0.4, -0.2) is 47.0 Å². The second-order valence-electron chi connectivity index (χ2n) is 5.07. The molecule has 0 spiro atoms. The Morgan fingerprint density at radius 3 is 3.00 bits per heavy atom. The fourth-order valence-electron chi connectivity index (χ4n) is 2.31. The molecule has 0 unspecified atom stereocenters. The van der Waals surface area contributed by atoms with Crippen LogP contribution in [0.2, 0.25) is 0 Å². The van der Waals surface area contributed by atoms with Crippen molar-refractivity contribution >= 4 is 29.0 Å². The minimum Gasteiger partial charge on any atom is -0.490 e. The zero-order valence-electron chi connectivity index (χ0n) is 12.7. The molecule has 3 rings (SSSR count). The first-order chi connectivity index (χ1) is 11.3. The quantitative estimate of drug-likeness (QED) is 0.776. The molecule has 23 heavy (non-hydrogen) atoms. The molecule has 1 amide bonds. The summed E-state index contributed by atoms with van der Waals surface area (Å²) < 4.78 is 5.55. The largest absolute Gasteiger partial charge is 0.490 e. The lowest BCUT2D eigenvalue weighted by atomic mass is 10.2. The molecule has 0 radical (unpaired) electrons. The predicted molar refractivity (Wildman–Crippen MR) is 96.5 cm³/mol. The molecule has 120 valence electrons. The maximum absolute atomic E-state index is 12.5. The summed E-state index contributed by atoms with van der Waals surface area (Å²) in [4.78, 5) is 18.9. The molecule has 0 atom stereocenters. The third-order valence-corrected chi connectivity index (χ3v) is 5.30. The second kappa shape index (κ2) is 7.66. The van der Waals surface area contributed by atoms with E-state index in [9.17, 15) is 4.79 Å². The van der Waals surface area contributed by atoms with E-state index in [-0.39, 0.29) is 5.91 Å². The van der Waals surface area contributed by atoms with E-state index in [0.29, 0.717) is 12.3 Å². The van der Waals surface area contributed by atoms with Gasteiger partial charge in [-0.3, -0.25) is 4.79 Å². The Kier molecular flexibility index (Phi) is 5.35. The molecule has 1 saturated heterocycles. The second-order valence-corrected chi connectivity index (χ2v) is 7.15. The Hall–Kier alpha value is -1.79. The zero-order chi connectivity index (χ0) is 16.1. The molecular weight excluding hydrogens is 328 g/mol. The Balaban J connectivity index is 1.76. The Morgan fingerprint density at radius 1 is 1.39 bits per heavy atom. The van der Waals surface area contributed by atoms with Crippen LogP contribution < -0.4 is 4.74 Å². The monoisotopic (exact) mass is 346 g/mol. The number of thioether (sulfide) groups is 1. The summed E-state index contributed by atoms with van der Waals surface area (Å²) in [7, 11) is 0. The van der Waals surface area contributed by atoms with Gasteiger partial charge in [-0.1, -0.05) is 24.8 Å². The molecule has 1 aliphatic heterocycles. The molecule has 0 saturated carbocycles. The molecule has 1 fully saturated rings. The van der Waals surface area contributed by atoms with Gasteiger partial charge in [0.1, 0.15) is 23.1 Å². The molecule has 2 heterocycles. The van der Waals surface area contributed by atoms with Crippen molar-refractivity contribution in [1.82, 2.24) is 9.88 Å². The number of benzene rings is 1. The van der Waals surface area contributed by atoms with Gasteiger partial charge in [0.15, 0.2) is 0 Å². The average Bonchev–Trinajstić information content (AvgIpc) is 3.10. The normalized spacial score (nSPS) is 14.5. The highest BCUT2D eigenvalue weighted by Gasteiger charge is 2.21. The number of amides is 1. The molecule has 4 nitrogen and oxygen atoms in total. The van der Waals surface area contributed by atoms with Gasteiger partial charge < -0.3 is 9.64 Å². The number of aromatic nitrogens is 1. The molecule has 0 N–H and O–H groups in total. The lowest BCUT2D eigenvalue weighted by Gasteiger charge is -2.25. The van der Waals surface area contributed by atoms with Gasteiger partial charge in [0.25, 0.3) is 5.91 Å². The number of nitrogens with zero attached hydrogens (tertiary/aromatic N) is 2. The van der Waals surface area contributed by atoms with Gasteiger partial charge in [-0.05, 0) is 12.1 Å². The fraction of sp³-hybridized carbons (Fsp3) is 0.294. The van der Waals surface area contributed by atoms with Crippen LogP contribution in [-0.2, 0) is 0 Å². The number of carbonyl (C=O) groups is 1. The zero-order valence-corrected chi connectivity index (χ0v) is 14.4. The summed E-state index contributed by atoms with van der Waals surface area (Å²) >= 11 is 3.38. The van der Waals surface area contributed by atoms with Crippen molar-refractivity contribution in [2.45, 2.75) is 0 Å².